The van der Waals surface area contributed by atoms with E-state index in [1.807, 2.05) is 6.92 Å². The highest BCUT2D eigenvalue weighted by atomic mass is 16.4. The number of carbonyl (C=O) groups excluding carboxylic acids is 2. The van der Waals surface area contributed by atoms with Crippen molar-refractivity contribution in [3.05, 3.63) is 0 Å². The van der Waals surface area contributed by atoms with E-state index in [4.69, 9.17) is 5.11 Å². The van der Waals surface area contributed by atoms with Gasteiger partial charge in [0.25, 0.3) is 0 Å². The van der Waals surface area contributed by atoms with Crippen LogP contribution in [0.4, 0.5) is 0 Å². The number of carboxylic acid groups (broad SMARTS) is 1. The lowest BCUT2D eigenvalue weighted by Crippen LogP contribution is -2.55. The molecule has 0 aromatic carbocycles. The van der Waals surface area contributed by atoms with Crippen LogP contribution in [0, 0.1) is 11.8 Å². The van der Waals surface area contributed by atoms with Crippen molar-refractivity contribution in [2.45, 2.75) is 13.3 Å². The number of hydrogen-bond acceptors (Lipinski definition) is 3. The molecule has 2 fully saturated rings. The van der Waals surface area contributed by atoms with Crippen LogP contribution < -0.4 is 0 Å². The van der Waals surface area contributed by atoms with Crippen LogP contribution >= 0.6 is 0 Å². The number of nitrogens with zero attached hydrogens (tertiary/aromatic N) is 2. The Morgan fingerprint density at radius 3 is 2.41 bits per heavy atom. The highest BCUT2D eigenvalue weighted by Crippen LogP contribution is 2.24. The summed E-state index contributed by atoms with van der Waals surface area (Å²) in [4.78, 5) is 37.3. The molecule has 1 unspecified atom stereocenters. The van der Waals surface area contributed by atoms with Crippen LogP contribution in [0.1, 0.15) is 13.3 Å². The predicted molar refractivity (Wildman–Crippen MR) is 58.1 cm³/mol. The molecule has 2 heterocycles. The summed E-state index contributed by atoms with van der Waals surface area (Å²) in [7, 11) is 0. The fourth-order valence-electron chi connectivity index (χ4n) is 2.32. The Hall–Kier alpha value is -1.59. The number of hydrogen-bond donors (Lipinski definition) is 1. The van der Waals surface area contributed by atoms with E-state index in [2.05, 4.69) is 0 Å². The third-order valence-corrected chi connectivity index (χ3v) is 3.49. The molecule has 1 atom stereocenters. The molecule has 0 aromatic rings. The quantitative estimate of drug-likeness (QED) is 0.714. The maximum atomic E-state index is 12.0. The number of rotatable bonds is 3. The van der Waals surface area contributed by atoms with Crippen molar-refractivity contribution < 1.29 is 19.5 Å². The Kier molecular flexibility index (Phi) is 3.04. The number of carboxylic acids is 1. The van der Waals surface area contributed by atoms with Crippen molar-refractivity contribution in [3.63, 3.8) is 0 Å². The molecule has 0 radical (unpaired) electrons. The fraction of sp³-hybridized carbons (Fsp3) is 0.727. The van der Waals surface area contributed by atoms with E-state index in [-0.39, 0.29) is 37.2 Å². The standard InChI is InChI=1S/C11H16N2O4/c1-2-12-4-7(3-9(12)14)10(15)13-5-8(6-13)11(16)17/h7-8H,2-6H2,1H3,(H,16,17). The van der Waals surface area contributed by atoms with Gasteiger partial charge < -0.3 is 14.9 Å². The Morgan fingerprint density at radius 1 is 1.29 bits per heavy atom. The molecule has 2 aliphatic rings. The Bertz CT molecular complexity index is 362. The molecule has 17 heavy (non-hydrogen) atoms. The molecule has 0 saturated carbocycles. The molecule has 0 aromatic heterocycles. The normalized spacial score (nSPS) is 25.0. The smallest absolute Gasteiger partial charge is 0.310 e. The van der Waals surface area contributed by atoms with E-state index >= 15 is 0 Å². The van der Waals surface area contributed by atoms with Gasteiger partial charge in [0.05, 0.1) is 11.8 Å². The molecule has 0 bridgehead atoms. The van der Waals surface area contributed by atoms with Crippen LogP contribution in [0.15, 0.2) is 0 Å². The van der Waals surface area contributed by atoms with Crippen LogP contribution in [0.25, 0.3) is 0 Å². The third kappa shape index (κ3) is 2.11. The van der Waals surface area contributed by atoms with E-state index in [1.54, 1.807) is 4.90 Å². The van der Waals surface area contributed by atoms with Gasteiger partial charge in [-0.3, -0.25) is 14.4 Å². The zero-order chi connectivity index (χ0) is 12.6. The van der Waals surface area contributed by atoms with E-state index in [0.717, 1.165) is 0 Å². The highest BCUT2D eigenvalue weighted by Gasteiger charge is 2.41. The number of aliphatic carboxylic acids is 1. The lowest BCUT2D eigenvalue weighted by Gasteiger charge is -2.38. The first-order valence-corrected chi connectivity index (χ1v) is 5.82. The molecule has 1 N–H and O–H groups in total. The van der Waals surface area contributed by atoms with Crippen molar-refractivity contribution in [2.24, 2.45) is 11.8 Å². The molecular formula is C11H16N2O4. The molecular weight excluding hydrogens is 224 g/mol. The summed E-state index contributed by atoms with van der Waals surface area (Å²) in [6.45, 7) is 3.55. The van der Waals surface area contributed by atoms with Crippen molar-refractivity contribution in [1.29, 1.82) is 0 Å². The maximum absolute atomic E-state index is 12.0. The maximum Gasteiger partial charge on any atom is 0.310 e. The second kappa shape index (κ2) is 4.35. The summed E-state index contributed by atoms with van der Waals surface area (Å²) in [5.74, 6) is -1.63. The third-order valence-electron chi connectivity index (χ3n) is 3.49. The van der Waals surface area contributed by atoms with Crippen LogP contribution in [0.2, 0.25) is 0 Å². The van der Waals surface area contributed by atoms with E-state index in [0.29, 0.717) is 13.1 Å². The van der Waals surface area contributed by atoms with Gasteiger partial charge in [-0.15, -0.1) is 0 Å². The average molecular weight is 240 g/mol. The summed E-state index contributed by atoms with van der Waals surface area (Å²) in [5, 5.41) is 8.72. The van der Waals surface area contributed by atoms with Crippen LogP contribution in [-0.4, -0.2) is 58.9 Å². The number of amides is 2. The lowest BCUT2D eigenvalue weighted by atomic mass is 9.97. The second-order valence-electron chi connectivity index (χ2n) is 4.61. The minimum absolute atomic E-state index is 0.0150. The van der Waals surface area contributed by atoms with Gasteiger partial charge in [0.15, 0.2) is 0 Å². The monoisotopic (exact) mass is 240 g/mol. The van der Waals surface area contributed by atoms with E-state index in [9.17, 15) is 14.4 Å². The zero-order valence-corrected chi connectivity index (χ0v) is 9.76. The van der Waals surface area contributed by atoms with Crippen LogP contribution in [-0.2, 0) is 14.4 Å². The zero-order valence-electron chi connectivity index (χ0n) is 9.76. The van der Waals surface area contributed by atoms with Gasteiger partial charge in [-0.05, 0) is 6.92 Å². The van der Waals surface area contributed by atoms with Crippen LogP contribution in [0.3, 0.4) is 0 Å². The first-order valence-electron chi connectivity index (χ1n) is 5.82. The van der Waals surface area contributed by atoms with E-state index < -0.39 is 11.9 Å². The van der Waals surface area contributed by atoms with Gasteiger partial charge in [0.1, 0.15) is 0 Å². The van der Waals surface area contributed by atoms with Crippen molar-refractivity contribution in [3.8, 4) is 0 Å². The summed E-state index contributed by atoms with van der Waals surface area (Å²) in [6.07, 6.45) is 0.265. The van der Waals surface area contributed by atoms with Gasteiger partial charge >= 0.3 is 5.97 Å². The van der Waals surface area contributed by atoms with Gasteiger partial charge in [-0.2, -0.15) is 0 Å². The topological polar surface area (TPSA) is 77.9 Å². The molecule has 0 spiro atoms. The molecule has 2 saturated heterocycles. The Balaban J connectivity index is 1.87. The summed E-state index contributed by atoms with van der Waals surface area (Å²) < 4.78 is 0. The van der Waals surface area contributed by atoms with Gasteiger partial charge in [0, 0.05) is 32.6 Å². The second-order valence-corrected chi connectivity index (χ2v) is 4.61. The Labute approximate surface area is 99.2 Å². The molecule has 6 heteroatoms. The number of likely N-dealkylation sites (tertiary alicyclic amines) is 2. The lowest BCUT2D eigenvalue weighted by molar-refractivity contribution is -0.154. The summed E-state index contributed by atoms with van der Waals surface area (Å²) >= 11 is 0. The number of carbonyl (C=O) groups is 3. The van der Waals surface area contributed by atoms with Crippen molar-refractivity contribution in [1.82, 2.24) is 9.80 Å². The molecule has 0 aliphatic carbocycles. The molecule has 6 nitrogen and oxygen atoms in total. The molecule has 2 amide bonds. The van der Waals surface area contributed by atoms with Crippen molar-refractivity contribution >= 4 is 17.8 Å². The minimum atomic E-state index is -0.855. The largest absolute Gasteiger partial charge is 0.481 e. The minimum Gasteiger partial charge on any atom is -0.481 e. The van der Waals surface area contributed by atoms with Crippen molar-refractivity contribution in [2.75, 3.05) is 26.2 Å². The first kappa shape index (κ1) is 11.9. The average Bonchev–Trinajstić information content (AvgIpc) is 2.56. The fourth-order valence-corrected chi connectivity index (χ4v) is 2.32. The van der Waals surface area contributed by atoms with Crippen LogP contribution in [0.5, 0.6) is 0 Å². The Morgan fingerprint density at radius 2 is 1.94 bits per heavy atom. The SMILES string of the molecule is CCN1CC(C(=O)N2CC(C(=O)O)C2)CC1=O. The molecule has 2 rings (SSSR count). The molecule has 2 aliphatic heterocycles. The van der Waals surface area contributed by atoms with Gasteiger partial charge in [0.2, 0.25) is 11.8 Å². The predicted octanol–water partition coefficient (Wildman–Crippen LogP) is -0.602. The molecule has 94 valence electrons. The summed E-state index contributed by atoms with van der Waals surface area (Å²) in [5.41, 5.74) is 0. The first-order chi connectivity index (χ1) is 8.02. The van der Waals surface area contributed by atoms with Gasteiger partial charge in [-0.25, -0.2) is 0 Å². The van der Waals surface area contributed by atoms with E-state index in [1.165, 1.54) is 4.90 Å². The van der Waals surface area contributed by atoms with Gasteiger partial charge in [-0.1, -0.05) is 0 Å². The summed E-state index contributed by atoms with van der Waals surface area (Å²) in [6, 6.07) is 0. The highest BCUT2D eigenvalue weighted by molar-refractivity contribution is 5.90.